The fraction of sp³-hybridized carbons (Fsp3) is 0.214. The summed E-state index contributed by atoms with van der Waals surface area (Å²) in [5.74, 6) is 0. The number of aromatic nitrogens is 1. The fourth-order valence-electron chi connectivity index (χ4n) is 1.51. The number of pyridine rings is 1. The van der Waals surface area contributed by atoms with Crippen molar-refractivity contribution in [3.63, 3.8) is 0 Å². The van der Waals surface area contributed by atoms with Crippen LogP contribution in [0.15, 0.2) is 48.7 Å². The monoisotopic (exact) mass is 228 g/mol. The Morgan fingerprint density at radius 2 is 1.76 bits per heavy atom. The molecular weight excluding hydrogens is 212 g/mol. The first-order valence-corrected chi connectivity index (χ1v) is 5.64. The van der Waals surface area contributed by atoms with Gasteiger partial charge in [-0.05, 0) is 17.2 Å². The van der Waals surface area contributed by atoms with Gasteiger partial charge in [0.15, 0.2) is 0 Å². The van der Waals surface area contributed by atoms with Gasteiger partial charge in [-0.1, -0.05) is 36.4 Å². The first kappa shape index (κ1) is 11.8. The lowest BCUT2D eigenvalue weighted by molar-refractivity contribution is 0.104. The van der Waals surface area contributed by atoms with Crippen molar-refractivity contribution in [2.45, 2.75) is 19.8 Å². The predicted molar refractivity (Wildman–Crippen MR) is 67.1 cm³/mol. The number of hydrogen-bond donors (Lipinski definition) is 1. The van der Waals surface area contributed by atoms with E-state index in [0.29, 0.717) is 19.8 Å². The largest absolute Gasteiger partial charge is 0.370 e. The van der Waals surface area contributed by atoms with E-state index in [1.807, 2.05) is 42.5 Å². The fourth-order valence-corrected chi connectivity index (χ4v) is 1.51. The molecule has 0 aliphatic heterocycles. The summed E-state index contributed by atoms with van der Waals surface area (Å²) in [5.41, 5.74) is 8.64. The molecule has 0 spiro atoms. The normalized spacial score (nSPS) is 10.4. The van der Waals surface area contributed by atoms with Gasteiger partial charge in [-0.2, -0.15) is 0 Å². The van der Waals surface area contributed by atoms with Crippen LogP contribution < -0.4 is 5.73 Å². The molecule has 2 N–H and O–H groups in total. The van der Waals surface area contributed by atoms with E-state index in [1.165, 1.54) is 5.56 Å². The molecule has 3 heteroatoms. The van der Waals surface area contributed by atoms with Crippen LogP contribution in [0.3, 0.4) is 0 Å². The van der Waals surface area contributed by atoms with Crippen LogP contribution in [0.1, 0.15) is 16.8 Å². The van der Waals surface area contributed by atoms with Gasteiger partial charge in [0.1, 0.15) is 0 Å². The molecule has 88 valence electrons. The molecule has 17 heavy (non-hydrogen) atoms. The Morgan fingerprint density at radius 3 is 2.41 bits per heavy atom. The molecule has 0 saturated heterocycles. The molecule has 1 aromatic heterocycles. The van der Waals surface area contributed by atoms with Crippen molar-refractivity contribution in [3.05, 3.63) is 65.5 Å². The Labute approximate surface area is 101 Å². The van der Waals surface area contributed by atoms with Gasteiger partial charge >= 0.3 is 0 Å². The van der Waals surface area contributed by atoms with E-state index in [9.17, 15) is 0 Å². The van der Waals surface area contributed by atoms with E-state index in [2.05, 4.69) is 4.98 Å². The molecule has 0 saturated carbocycles. The smallest absolute Gasteiger partial charge is 0.0892 e. The van der Waals surface area contributed by atoms with Gasteiger partial charge in [-0.3, -0.25) is 4.98 Å². The lowest BCUT2D eigenvalue weighted by Gasteiger charge is -2.04. The molecule has 0 aliphatic carbocycles. The zero-order chi connectivity index (χ0) is 11.9. The third-order valence-electron chi connectivity index (χ3n) is 2.48. The second kappa shape index (κ2) is 6.13. The topological polar surface area (TPSA) is 48.1 Å². The molecule has 2 rings (SSSR count). The summed E-state index contributed by atoms with van der Waals surface area (Å²) in [5, 5.41) is 0. The summed E-state index contributed by atoms with van der Waals surface area (Å²) >= 11 is 0. The third-order valence-corrected chi connectivity index (χ3v) is 2.48. The lowest BCUT2D eigenvalue weighted by atomic mass is 10.2. The SMILES string of the molecule is NCc1ccc(COCc2ccccc2)nc1. The van der Waals surface area contributed by atoms with Gasteiger partial charge in [-0.25, -0.2) is 0 Å². The van der Waals surface area contributed by atoms with Gasteiger partial charge in [0, 0.05) is 12.7 Å². The highest BCUT2D eigenvalue weighted by Crippen LogP contribution is 2.05. The minimum Gasteiger partial charge on any atom is -0.370 e. The maximum Gasteiger partial charge on any atom is 0.0892 e. The van der Waals surface area contributed by atoms with Crippen LogP contribution in [-0.2, 0) is 24.5 Å². The standard InChI is InChI=1S/C14H16N2O/c15-8-13-6-7-14(16-9-13)11-17-10-12-4-2-1-3-5-12/h1-7,9H,8,10-11,15H2. The van der Waals surface area contributed by atoms with Gasteiger partial charge in [-0.15, -0.1) is 0 Å². The van der Waals surface area contributed by atoms with Crippen LogP contribution in [0.5, 0.6) is 0 Å². The van der Waals surface area contributed by atoms with Crippen LogP contribution in [0.2, 0.25) is 0 Å². The Kier molecular flexibility index (Phi) is 4.24. The Balaban J connectivity index is 1.82. The van der Waals surface area contributed by atoms with Crippen LogP contribution in [0.25, 0.3) is 0 Å². The molecule has 0 unspecified atom stereocenters. The number of nitrogens with two attached hydrogens (primary N) is 1. The third kappa shape index (κ3) is 3.66. The first-order chi connectivity index (χ1) is 8.38. The van der Waals surface area contributed by atoms with Gasteiger partial charge in [0.25, 0.3) is 0 Å². The molecule has 0 bridgehead atoms. The molecule has 2 aromatic rings. The van der Waals surface area contributed by atoms with Gasteiger partial charge < -0.3 is 10.5 Å². The molecule has 1 aromatic carbocycles. The molecule has 3 nitrogen and oxygen atoms in total. The van der Waals surface area contributed by atoms with Crippen molar-refractivity contribution in [1.82, 2.24) is 4.98 Å². The van der Waals surface area contributed by atoms with E-state index in [0.717, 1.165) is 11.3 Å². The van der Waals surface area contributed by atoms with Gasteiger partial charge in [0.2, 0.25) is 0 Å². The number of rotatable bonds is 5. The quantitative estimate of drug-likeness (QED) is 0.854. The molecule has 0 radical (unpaired) electrons. The Bertz CT molecular complexity index is 440. The van der Waals surface area contributed by atoms with Crippen LogP contribution in [0, 0.1) is 0 Å². The average Bonchev–Trinajstić information content (AvgIpc) is 2.41. The number of hydrogen-bond acceptors (Lipinski definition) is 3. The minimum atomic E-state index is 0.526. The molecule has 0 aliphatic rings. The summed E-state index contributed by atoms with van der Waals surface area (Å²) in [7, 11) is 0. The maximum atomic E-state index is 5.59. The highest BCUT2D eigenvalue weighted by molar-refractivity contribution is 5.14. The first-order valence-electron chi connectivity index (χ1n) is 5.64. The summed E-state index contributed by atoms with van der Waals surface area (Å²) < 4.78 is 5.59. The number of ether oxygens (including phenoxy) is 1. The van der Waals surface area contributed by atoms with Crippen LogP contribution in [-0.4, -0.2) is 4.98 Å². The molecule has 0 amide bonds. The molecule has 0 fully saturated rings. The van der Waals surface area contributed by atoms with E-state index in [4.69, 9.17) is 10.5 Å². The van der Waals surface area contributed by atoms with E-state index >= 15 is 0 Å². The second-order valence-corrected chi connectivity index (χ2v) is 3.84. The average molecular weight is 228 g/mol. The van der Waals surface area contributed by atoms with Crippen molar-refractivity contribution in [1.29, 1.82) is 0 Å². The summed E-state index contributed by atoms with van der Waals surface area (Å²) in [6.07, 6.45) is 1.79. The zero-order valence-corrected chi connectivity index (χ0v) is 9.67. The van der Waals surface area contributed by atoms with Crippen molar-refractivity contribution < 1.29 is 4.74 Å². The number of nitrogens with zero attached hydrogens (tertiary/aromatic N) is 1. The highest BCUT2D eigenvalue weighted by Gasteiger charge is 1.96. The van der Waals surface area contributed by atoms with E-state index in [1.54, 1.807) is 6.20 Å². The van der Waals surface area contributed by atoms with Crippen molar-refractivity contribution in [2.75, 3.05) is 0 Å². The minimum absolute atomic E-state index is 0.526. The molecule has 0 atom stereocenters. The Morgan fingerprint density at radius 1 is 0.941 bits per heavy atom. The van der Waals surface area contributed by atoms with E-state index in [-0.39, 0.29) is 0 Å². The summed E-state index contributed by atoms with van der Waals surface area (Å²) in [6.45, 7) is 1.67. The maximum absolute atomic E-state index is 5.59. The van der Waals surface area contributed by atoms with Gasteiger partial charge in [0.05, 0.1) is 18.9 Å². The van der Waals surface area contributed by atoms with Crippen LogP contribution in [0.4, 0.5) is 0 Å². The Hall–Kier alpha value is -1.71. The molecular formula is C14H16N2O. The zero-order valence-electron chi connectivity index (χ0n) is 9.67. The van der Waals surface area contributed by atoms with Crippen molar-refractivity contribution in [2.24, 2.45) is 5.73 Å². The van der Waals surface area contributed by atoms with Crippen LogP contribution >= 0.6 is 0 Å². The second-order valence-electron chi connectivity index (χ2n) is 3.84. The number of benzene rings is 1. The predicted octanol–water partition coefficient (Wildman–Crippen LogP) is 2.26. The lowest BCUT2D eigenvalue weighted by Crippen LogP contribution is -2.00. The highest BCUT2D eigenvalue weighted by atomic mass is 16.5. The summed E-state index contributed by atoms with van der Waals surface area (Å²) in [4.78, 5) is 4.28. The summed E-state index contributed by atoms with van der Waals surface area (Å²) in [6, 6.07) is 14.0. The van der Waals surface area contributed by atoms with E-state index < -0.39 is 0 Å². The molecule has 1 heterocycles. The van der Waals surface area contributed by atoms with Crippen molar-refractivity contribution >= 4 is 0 Å². The van der Waals surface area contributed by atoms with Crippen molar-refractivity contribution in [3.8, 4) is 0 Å².